The van der Waals surface area contributed by atoms with Crippen LogP contribution in [0.5, 0.6) is 0 Å². The summed E-state index contributed by atoms with van der Waals surface area (Å²) in [5.74, 6) is -0.663. The van der Waals surface area contributed by atoms with Gasteiger partial charge >= 0.3 is 5.97 Å². The molecule has 1 aromatic rings. The van der Waals surface area contributed by atoms with Crippen molar-refractivity contribution in [1.82, 2.24) is 4.90 Å². The van der Waals surface area contributed by atoms with Gasteiger partial charge in [-0.15, -0.1) is 0 Å². The Morgan fingerprint density at radius 2 is 1.72 bits per heavy atom. The average Bonchev–Trinajstić information content (AvgIpc) is 2.77. The van der Waals surface area contributed by atoms with Gasteiger partial charge in [0.25, 0.3) is 0 Å². The maximum Gasteiger partial charge on any atom is 0.310 e. The largest absolute Gasteiger partial charge is 0.481 e. The van der Waals surface area contributed by atoms with E-state index in [0.29, 0.717) is 19.4 Å². The van der Waals surface area contributed by atoms with E-state index in [0.717, 1.165) is 13.1 Å². The van der Waals surface area contributed by atoms with Gasteiger partial charge in [-0.05, 0) is 24.0 Å². The molecule has 98 valence electrons. The second-order valence-corrected chi connectivity index (χ2v) is 5.21. The van der Waals surface area contributed by atoms with Crippen molar-refractivity contribution in [3.8, 4) is 0 Å². The Balaban J connectivity index is 2.10. The van der Waals surface area contributed by atoms with E-state index in [1.807, 2.05) is 26.0 Å². The summed E-state index contributed by atoms with van der Waals surface area (Å²) in [5.41, 5.74) is 2.08. The third kappa shape index (κ3) is 2.27. The first-order chi connectivity index (χ1) is 8.61. The molecule has 0 atom stereocenters. The van der Waals surface area contributed by atoms with Crippen LogP contribution >= 0.6 is 0 Å². The molecule has 0 radical (unpaired) electrons. The van der Waals surface area contributed by atoms with Crippen LogP contribution in [0.4, 0.5) is 0 Å². The van der Waals surface area contributed by atoms with Crippen molar-refractivity contribution in [2.75, 3.05) is 6.54 Å². The molecule has 3 nitrogen and oxygen atoms in total. The Morgan fingerprint density at radius 3 is 2.11 bits per heavy atom. The number of fused-ring (bicyclic) bond motifs is 1. The fourth-order valence-electron chi connectivity index (χ4n) is 2.79. The highest BCUT2D eigenvalue weighted by Gasteiger charge is 2.37. The Labute approximate surface area is 108 Å². The second kappa shape index (κ2) is 5.11. The van der Waals surface area contributed by atoms with Crippen LogP contribution in [0.1, 0.15) is 37.8 Å². The minimum Gasteiger partial charge on any atom is -0.481 e. The predicted octanol–water partition coefficient (Wildman–Crippen LogP) is 2.89. The molecular formula is C15H21NO2. The zero-order valence-corrected chi connectivity index (χ0v) is 11.1. The lowest BCUT2D eigenvalue weighted by Gasteiger charge is -2.31. The zero-order valence-electron chi connectivity index (χ0n) is 11.1. The molecule has 0 fully saturated rings. The van der Waals surface area contributed by atoms with E-state index < -0.39 is 11.4 Å². The fourth-order valence-corrected chi connectivity index (χ4v) is 2.79. The molecule has 0 saturated heterocycles. The number of aliphatic carboxylic acids is 1. The first-order valence-corrected chi connectivity index (χ1v) is 6.64. The third-order valence-corrected chi connectivity index (χ3v) is 4.24. The van der Waals surface area contributed by atoms with Gasteiger partial charge in [-0.3, -0.25) is 9.69 Å². The maximum absolute atomic E-state index is 11.5. The van der Waals surface area contributed by atoms with Gasteiger partial charge in [-0.25, -0.2) is 0 Å². The van der Waals surface area contributed by atoms with E-state index in [2.05, 4.69) is 17.0 Å². The Kier molecular flexibility index (Phi) is 3.71. The second-order valence-electron chi connectivity index (χ2n) is 5.21. The summed E-state index contributed by atoms with van der Waals surface area (Å²) >= 11 is 0. The lowest BCUT2D eigenvalue weighted by atomic mass is 9.82. The Hall–Kier alpha value is -1.35. The summed E-state index contributed by atoms with van der Waals surface area (Å²) in [6.45, 7) is 6.35. The third-order valence-electron chi connectivity index (χ3n) is 4.24. The molecule has 18 heavy (non-hydrogen) atoms. The van der Waals surface area contributed by atoms with Gasteiger partial charge in [-0.1, -0.05) is 38.1 Å². The number of carbonyl (C=O) groups is 1. The van der Waals surface area contributed by atoms with E-state index in [1.54, 1.807) is 0 Å². The van der Waals surface area contributed by atoms with Gasteiger partial charge in [0.05, 0.1) is 5.41 Å². The van der Waals surface area contributed by atoms with Gasteiger partial charge in [0, 0.05) is 19.6 Å². The van der Waals surface area contributed by atoms with Crippen LogP contribution in [0.2, 0.25) is 0 Å². The molecule has 1 N–H and O–H groups in total. The zero-order chi connectivity index (χ0) is 13.2. The Bertz CT molecular complexity index is 413. The van der Waals surface area contributed by atoms with Crippen molar-refractivity contribution in [1.29, 1.82) is 0 Å². The number of hydrogen-bond donors (Lipinski definition) is 1. The van der Waals surface area contributed by atoms with E-state index in [4.69, 9.17) is 0 Å². The van der Waals surface area contributed by atoms with E-state index in [1.165, 1.54) is 11.1 Å². The summed E-state index contributed by atoms with van der Waals surface area (Å²) in [6.07, 6.45) is 1.37. The van der Waals surface area contributed by atoms with Gasteiger partial charge in [0.15, 0.2) is 0 Å². The minimum atomic E-state index is -0.663. The van der Waals surface area contributed by atoms with E-state index in [9.17, 15) is 9.90 Å². The smallest absolute Gasteiger partial charge is 0.310 e. The van der Waals surface area contributed by atoms with Gasteiger partial charge in [0.1, 0.15) is 0 Å². The van der Waals surface area contributed by atoms with Crippen LogP contribution in [0.15, 0.2) is 24.3 Å². The monoisotopic (exact) mass is 247 g/mol. The van der Waals surface area contributed by atoms with Crippen LogP contribution in [0.3, 0.4) is 0 Å². The van der Waals surface area contributed by atoms with Gasteiger partial charge in [-0.2, -0.15) is 0 Å². The van der Waals surface area contributed by atoms with Crippen LogP contribution in [-0.4, -0.2) is 22.5 Å². The van der Waals surface area contributed by atoms with E-state index in [-0.39, 0.29) is 0 Å². The molecule has 1 aromatic carbocycles. The van der Waals surface area contributed by atoms with Crippen LogP contribution in [0, 0.1) is 5.41 Å². The molecule has 0 amide bonds. The number of nitrogens with zero attached hydrogens (tertiary/aromatic N) is 1. The molecule has 1 aliphatic heterocycles. The molecule has 0 spiro atoms. The van der Waals surface area contributed by atoms with Crippen molar-refractivity contribution < 1.29 is 9.90 Å². The van der Waals surface area contributed by atoms with Gasteiger partial charge in [0.2, 0.25) is 0 Å². The molecule has 0 saturated carbocycles. The maximum atomic E-state index is 11.5. The first-order valence-electron chi connectivity index (χ1n) is 6.64. The van der Waals surface area contributed by atoms with Crippen molar-refractivity contribution in [3.05, 3.63) is 35.4 Å². The highest BCUT2D eigenvalue weighted by molar-refractivity contribution is 5.74. The molecule has 1 heterocycles. The number of carboxylic acids is 1. The lowest BCUT2D eigenvalue weighted by molar-refractivity contribution is -0.151. The molecule has 1 aliphatic rings. The average molecular weight is 247 g/mol. The summed E-state index contributed by atoms with van der Waals surface area (Å²) < 4.78 is 0. The van der Waals surface area contributed by atoms with E-state index >= 15 is 0 Å². The standard InChI is InChI=1S/C15H21NO2/c1-3-15(4-2,14(17)18)11-16-9-12-7-5-6-8-13(12)10-16/h5-8H,3-4,9-11H2,1-2H3,(H,17,18). The van der Waals surface area contributed by atoms with Crippen molar-refractivity contribution >= 4 is 5.97 Å². The summed E-state index contributed by atoms with van der Waals surface area (Å²) in [7, 11) is 0. The normalized spacial score (nSPS) is 15.7. The minimum absolute atomic E-state index is 0.595. The molecule has 0 bridgehead atoms. The quantitative estimate of drug-likeness (QED) is 0.869. The van der Waals surface area contributed by atoms with Gasteiger partial charge < -0.3 is 5.11 Å². The Morgan fingerprint density at radius 1 is 1.22 bits per heavy atom. The molecule has 3 heteroatoms. The summed E-state index contributed by atoms with van der Waals surface area (Å²) in [5, 5.41) is 9.47. The van der Waals surface area contributed by atoms with Crippen LogP contribution in [0.25, 0.3) is 0 Å². The highest BCUT2D eigenvalue weighted by atomic mass is 16.4. The van der Waals surface area contributed by atoms with Crippen molar-refractivity contribution in [2.45, 2.75) is 39.8 Å². The first kappa shape index (κ1) is 13.1. The molecule has 0 aromatic heterocycles. The number of carboxylic acid groups (broad SMARTS) is 1. The summed E-state index contributed by atoms with van der Waals surface area (Å²) in [6, 6.07) is 8.37. The predicted molar refractivity (Wildman–Crippen MR) is 71.2 cm³/mol. The van der Waals surface area contributed by atoms with Crippen molar-refractivity contribution in [2.24, 2.45) is 5.41 Å². The van der Waals surface area contributed by atoms with Crippen LogP contribution < -0.4 is 0 Å². The van der Waals surface area contributed by atoms with Crippen LogP contribution in [-0.2, 0) is 17.9 Å². The fraction of sp³-hybridized carbons (Fsp3) is 0.533. The summed E-state index contributed by atoms with van der Waals surface area (Å²) in [4.78, 5) is 13.8. The SMILES string of the molecule is CCC(CC)(CN1Cc2ccccc2C1)C(=O)O. The highest BCUT2D eigenvalue weighted by Crippen LogP contribution is 2.32. The number of rotatable bonds is 5. The topological polar surface area (TPSA) is 40.5 Å². The lowest BCUT2D eigenvalue weighted by Crippen LogP contribution is -2.40. The molecule has 0 aliphatic carbocycles. The molecule has 0 unspecified atom stereocenters. The van der Waals surface area contributed by atoms with Crippen molar-refractivity contribution in [3.63, 3.8) is 0 Å². The molecular weight excluding hydrogens is 226 g/mol. The number of hydrogen-bond acceptors (Lipinski definition) is 2. The number of benzene rings is 1. The molecule has 2 rings (SSSR count).